The fourth-order valence-corrected chi connectivity index (χ4v) is 2.78. The van der Waals surface area contributed by atoms with Gasteiger partial charge in [0.15, 0.2) is 11.5 Å². The zero-order valence-electron chi connectivity index (χ0n) is 13.8. The van der Waals surface area contributed by atoms with Crippen molar-refractivity contribution in [2.45, 2.75) is 13.5 Å². The van der Waals surface area contributed by atoms with E-state index >= 15 is 0 Å². The Morgan fingerprint density at radius 3 is 2.64 bits per heavy atom. The molecule has 128 valence electrons. The second-order valence-corrected chi connectivity index (χ2v) is 5.56. The Morgan fingerprint density at radius 1 is 1.20 bits per heavy atom. The van der Waals surface area contributed by atoms with Gasteiger partial charge in [-0.25, -0.2) is 0 Å². The highest BCUT2D eigenvalue weighted by Gasteiger charge is 2.17. The van der Waals surface area contributed by atoms with Crippen LogP contribution in [0.2, 0.25) is 0 Å². The number of nitro groups is 1. The lowest BCUT2D eigenvalue weighted by molar-refractivity contribution is -0.384. The minimum atomic E-state index is -0.498. The lowest BCUT2D eigenvalue weighted by Crippen LogP contribution is -2.23. The summed E-state index contributed by atoms with van der Waals surface area (Å²) in [6.07, 6.45) is 0. The summed E-state index contributed by atoms with van der Waals surface area (Å²) >= 11 is 0. The van der Waals surface area contributed by atoms with E-state index < -0.39 is 4.92 Å². The monoisotopic (exact) mass is 339 g/mol. The van der Waals surface area contributed by atoms with Crippen LogP contribution >= 0.6 is 0 Å². The molecule has 0 aromatic heterocycles. The first kappa shape index (κ1) is 16.6. The van der Waals surface area contributed by atoms with Gasteiger partial charge in [-0.2, -0.15) is 5.26 Å². The van der Waals surface area contributed by atoms with Gasteiger partial charge >= 0.3 is 0 Å². The lowest BCUT2D eigenvalue weighted by atomic mass is 10.1. The lowest BCUT2D eigenvalue weighted by Gasteiger charge is -2.25. The van der Waals surface area contributed by atoms with Crippen LogP contribution in [0.1, 0.15) is 18.1 Å². The number of nitrogens with zero attached hydrogens (tertiary/aromatic N) is 3. The predicted molar refractivity (Wildman–Crippen MR) is 92.0 cm³/mol. The van der Waals surface area contributed by atoms with E-state index in [-0.39, 0.29) is 11.3 Å². The highest BCUT2D eigenvalue weighted by molar-refractivity contribution is 5.63. The highest BCUT2D eigenvalue weighted by atomic mass is 16.6. The molecule has 2 aromatic carbocycles. The molecule has 25 heavy (non-hydrogen) atoms. The van der Waals surface area contributed by atoms with Crippen LogP contribution in [-0.4, -0.2) is 24.7 Å². The van der Waals surface area contributed by atoms with Crippen molar-refractivity contribution in [3.63, 3.8) is 0 Å². The number of hydrogen-bond acceptors (Lipinski definition) is 6. The molecule has 2 aromatic rings. The van der Waals surface area contributed by atoms with Crippen LogP contribution < -0.4 is 14.4 Å². The van der Waals surface area contributed by atoms with Gasteiger partial charge < -0.3 is 14.4 Å². The molecule has 0 N–H and O–H groups in total. The van der Waals surface area contributed by atoms with Crippen molar-refractivity contribution >= 4 is 11.4 Å². The van der Waals surface area contributed by atoms with Crippen molar-refractivity contribution in [3.05, 3.63) is 57.6 Å². The summed E-state index contributed by atoms with van der Waals surface area (Å²) in [4.78, 5) is 12.4. The molecular weight excluding hydrogens is 322 g/mol. The van der Waals surface area contributed by atoms with Crippen LogP contribution in [-0.2, 0) is 6.54 Å². The molecule has 7 heteroatoms. The maximum absolute atomic E-state index is 10.9. The van der Waals surface area contributed by atoms with E-state index in [0.29, 0.717) is 37.7 Å². The molecule has 1 aliphatic heterocycles. The van der Waals surface area contributed by atoms with Gasteiger partial charge in [-0.1, -0.05) is 6.07 Å². The van der Waals surface area contributed by atoms with E-state index in [1.165, 1.54) is 12.1 Å². The topological polar surface area (TPSA) is 88.6 Å². The molecule has 1 aliphatic rings. The van der Waals surface area contributed by atoms with E-state index in [2.05, 4.69) is 6.07 Å². The Morgan fingerprint density at radius 2 is 1.96 bits per heavy atom. The number of benzene rings is 2. The summed E-state index contributed by atoms with van der Waals surface area (Å²) in [6, 6.07) is 12.2. The smallest absolute Gasteiger partial charge is 0.270 e. The van der Waals surface area contributed by atoms with Crippen LogP contribution in [0.3, 0.4) is 0 Å². The van der Waals surface area contributed by atoms with Gasteiger partial charge in [0.25, 0.3) is 5.69 Å². The van der Waals surface area contributed by atoms with Crippen molar-refractivity contribution < 1.29 is 14.4 Å². The van der Waals surface area contributed by atoms with Gasteiger partial charge in [0.05, 0.1) is 16.2 Å². The first-order valence-electron chi connectivity index (χ1n) is 7.94. The molecule has 0 amide bonds. The van der Waals surface area contributed by atoms with Crippen molar-refractivity contribution in [1.82, 2.24) is 0 Å². The standard InChI is InChI=1S/C18H17N3O4/c1-2-20(16-5-4-15(21(22)23)10-14(16)11-19)12-13-3-6-17-18(9-13)25-8-7-24-17/h3-6,9-10H,2,7-8,12H2,1H3. The first-order valence-corrected chi connectivity index (χ1v) is 7.94. The van der Waals surface area contributed by atoms with Crippen molar-refractivity contribution in [3.8, 4) is 17.6 Å². The summed E-state index contributed by atoms with van der Waals surface area (Å²) in [7, 11) is 0. The average Bonchev–Trinajstić information content (AvgIpc) is 2.65. The third-order valence-corrected chi connectivity index (χ3v) is 4.01. The summed E-state index contributed by atoms with van der Waals surface area (Å²) in [5, 5.41) is 20.3. The number of non-ortho nitro benzene ring substituents is 1. The fraction of sp³-hybridized carbons (Fsp3) is 0.278. The number of ether oxygens (including phenoxy) is 2. The molecule has 0 saturated heterocycles. The summed E-state index contributed by atoms with van der Waals surface area (Å²) in [6.45, 7) is 4.25. The van der Waals surface area contributed by atoms with E-state index in [1.54, 1.807) is 6.07 Å². The number of nitro benzene ring substituents is 1. The van der Waals surface area contributed by atoms with Gasteiger partial charge in [-0.3, -0.25) is 10.1 Å². The molecule has 0 spiro atoms. The molecule has 0 saturated carbocycles. The number of fused-ring (bicyclic) bond motifs is 1. The highest BCUT2D eigenvalue weighted by Crippen LogP contribution is 2.32. The summed E-state index contributed by atoms with van der Waals surface area (Å²) < 4.78 is 11.1. The maximum atomic E-state index is 10.9. The fourth-order valence-electron chi connectivity index (χ4n) is 2.78. The second kappa shape index (κ2) is 7.09. The molecule has 7 nitrogen and oxygen atoms in total. The zero-order chi connectivity index (χ0) is 17.8. The number of nitriles is 1. The van der Waals surface area contributed by atoms with Gasteiger partial charge in [-0.05, 0) is 30.7 Å². The Bertz CT molecular complexity index is 845. The molecule has 3 rings (SSSR count). The zero-order valence-corrected chi connectivity index (χ0v) is 13.8. The number of hydrogen-bond donors (Lipinski definition) is 0. The average molecular weight is 339 g/mol. The molecule has 0 atom stereocenters. The number of rotatable bonds is 5. The largest absolute Gasteiger partial charge is 0.486 e. The normalized spacial score (nSPS) is 12.3. The molecule has 1 heterocycles. The second-order valence-electron chi connectivity index (χ2n) is 5.56. The van der Waals surface area contributed by atoms with Gasteiger partial charge in [0.2, 0.25) is 0 Å². The third kappa shape index (κ3) is 3.48. The molecular formula is C18H17N3O4. The van der Waals surface area contributed by atoms with Crippen LogP contribution in [0.5, 0.6) is 11.5 Å². The van der Waals surface area contributed by atoms with Crippen molar-refractivity contribution in [1.29, 1.82) is 5.26 Å². The van der Waals surface area contributed by atoms with Gasteiger partial charge in [0, 0.05) is 25.2 Å². The van der Waals surface area contributed by atoms with Crippen LogP contribution in [0.4, 0.5) is 11.4 Å². The molecule has 0 fully saturated rings. The van der Waals surface area contributed by atoms with Crippen molar-refractivity contribution in [2.24, 2.45) is 0 Å². The van der Waals surface area contributed by atoms with E-state index in [4.69, 9.17) is 9.47 Å². The minimum absolute atomic E-state index is 0.0873. The summed E-state index contributed by atoms with van der Waals surface area (Å²) in [5.41, 5.74) is 1.88. The molecule has 0 bridgehead atoms. The van der Waals surface area contributed by atoms with Crippen LogP contribution in [0, 0.1) is 21.4 Å². The number of anilines is 1. The van der Waals surface area contributed by atoms with Crippen LogP contribution in [0.25, 0.3) is 0 Å². The third-order valence-electron chi connectivity index (χ3n) is 4.01. The van der Waals surface area contributed by atoms with Gasteiger partial charge in [0.1, 0.15) is 19.3 Å². The Labute approximate surface area is 145 Å². The SMILES string of the molecule is CCN(Cc1ccc2c(c1)OCCO2)c1ccc([N+](=O)[O-])cc1C#N. The van der Waals surface area contributed by atoms with Gasteiger partial charge in [-0.15, -0.1) is 0 Å². The quantitative estimate of drug-likeness (QED) is 0.613. The summed E-state index contributed by atoms with van der Waals surface area (Å²) in [5.74, 6) is 1.44. The Hall–Kier alpha value is -3.27. The molecule has 0 unspecified atom stereocenters. The maximum Gasteiger partial charge on any atom is 0.270 e. The van der Waals surface area contributed by atoms with Crippen molar-refractivity contribution in [2.75, 3.05) is 24.7 Å². The predicted octanol–water partition coefficient (Wildman–Crippen LogP) is 3.26. The molecule has 0 aliphatic carbocycles. The minimum Gasteiger partial charge on any atom is -0.486 e. The Balaban J connectivity index is 1.88. The van der Waals surface area contributed by atoms with E-state index in [9.17, 15) is 15.4 Å². The van der Waals surface area contributed by atoms with E-state index in [1.807, 2.05) is 30.0 Å². The Kier molecular flexibility index (Phi) is 4.70. The van der Waals surface area contributed by atoms with E-state index in [0.717, 1.165) is 11.3 Å². The molecule has 0 radical (unpaired) electrons. The van der Waals surface area contributed by atoms with Crippen LogP contribution in [0.15, 0.2) is 36.4 Å². The first-order chi connectivity index (χ1) is 12.1.